The summed E-state index contributed by atoms with van der Waals surface area (Å²) in [5, 5.41) is 0.863. The molecular weight excluding hydrogens is 148 g/mol. The van der Waals surface area contributed by atoms with E-state index < -0.39 is 0 Å². The van der Waals surface area contributed by atoms with Crippen LogP contribution in [-0.2, 0) is 0 Å². The minimum atomic E-state index is -0.332. The Morgan fingerprint density at radius 3 is 1.89 bits per heavy atom. The first-order valence-electron chi connectivity index (χ1n) is 3.37. The van der Waals surface area contributed by atoms with Crippen LogP contribution >= 0.6 is 19.9 Å². The third-order valence-electron chi connectivity index (χ3n) is 1.56. The summed E-state index contributed by atoms with van der Waals surface area (Å²) in [6, 6.07) is 0. The molecule has 0 heterocycles. The minimum Gasteiger partial charge on any atom is -0.196 e. The second-order valence-electron chi connectivity index (χ2n) is 2.76. The van der Waals surface area contributed by atoms with E-state index in [0.717, 1.165) is 5.25 Å². The standard InChI is InChI=1S/C7H18S2/c1-6-8-9(4,5)7(2)3/h7H,6H2,1-5H3. The highest BCUT2D eigenvalue weighted by Crippen LogP contribution is 2.56. The third kappa shape index (κ3) is 3.41. The van der Waals surface area contributed by atoms with Crippen LogP contribution in [0.15, 0.2) is 0 Å². The van der Waals surface area contributed by atoms with Crippen LogP contribution in [0.1, 0.15) is 20.8 Å². The van der Waals surface area contributed by atoms with Gasteiger partial charge in [-0.2, -0.15) is 9.06 Å². The summed E-state index contributed by atoms with van der Waals surface area (Å²) >= 11 is 0. The maximum absolute atomic E-state index is 2.39. The van der Waals surface area contributed by atoms with Crippen molar-refractivity contribution in [3.63, 3.8) is 0 Å². The fourth-order valence-corrected chi connectivity index (χ4v) is 3.96. The Morgan fingerprint density at radius 1 is 1.33 bits per heavy atom. The smallest absolute Gasteiger partial charge is 0.000651 e. The summed E-state index contributed by atoms with van der Waals surface area (Å²) in [5.74, 6) is 1.26. The van der Waals surface area contributed by atoms with Gasteiger partial charge in [-0.1, -0.05) is 20.8 Å². The molecule has 0 aliphatic heterocycles. The lowest BCUT2D eigenvalue weighted by atomic mass is 10.6. The molecule has 0 atom stereocenters. The molecule has 9 heavy (non-hydrogen) atoms. The van der Waals surface area contributed by atoms with E-state index in [-0.39, 0.29) is 9.06 Å². The molecule has 2 heteroatoms. The van der Waals surface area contributed by atoms with E-state index in [1.165, 1.54) is 5.75 Å². The lowest BCUT2D eigenvalue weighted by Gasteiger charge is -2.34. The van der Waals surface area contributed by atoms with Crippen molar-refractivity contribution in [1.82, 2.24) is 0 Å². The summed E-state index contributed by atoms with van der Waals surface area (Å²) in [5.41, 5.74) is 0. The van der Waals surface area contributed by atoms with Gasteiger partial charge in [0.2, 0.25) is 0 Å². The average Bonchev–Trinajstić information content (AvgIpc) is 1.65. The van der Waals surface area contributed by atoms with Crippen LogP contribution in [-0.4, -0.2) is 23.5 Å². The van der Waals surface area contributed by atoms with Gasteiger partial charge in [-0.25, -0.2) is 0 Å². The van der Waals surface area contributed by atoms with Gasteiger partial charge in [0.15, 0.2) is 0 Å². The van der Waals surface area contributed by atoms with E-state index in [1.54, 1.807) is 0 Å². The van der Waals surface area contributed by atoms with Gasteiger partial charge < -0.3 is 0 Å². The third-order valence-corrected chi connectivity index (χ3v) is 8.35. The molecule has 0 saturated heterocycles. The highest BCUT2D eigenvalue weighted by Gasteiger charge is 2.14. The summed E-state index contributed by atoms with van der Waals surface area (Å²) in [4.78, 5) is 0. The molecule has 0 aliphatic rings. The zero-order chi connectivity index (χ0) is 7.49. The zero-order valence-electron chi connectivity index (χ0n) is 7.10. The van der Waals surface area contributed by atoms with Crippen LogP contribution in [0.3, 0.4) is 0 Å². The molecule has 0 aromatic carbocycles. The van der Waals surface area contributed by atoms with E-state index in [1.807, 2.05) is 0 Å². The van der Waals surface area contributed by atoms with Crippen molar-refractivity contribution in [2.24, 2.45) is 0 Å². The molecule has 58 valence electrons. The van der Waals surface area contributed by atoms with Crippen molar-refractivity contribution >= 4 is 19.9 Å². The highest BCUT2D eigenvalue weighted by molar-refractivity contribution is 8.93. The fourth-order valence-electron chi connectivity index (χ4n) is 0.440. The minimum absolute atomic E-state index is 0.332. The summed E-state index contributed by atoms with van der Waals surface area (Å²) in [7, 11) is 1.79. The van der Waals surface area contributed by atoms with Gasteiger partial charge in [0, 0.05) is 0 Å². The molecule has 0 saturated carbocycles. The second kappa shape index (κ2) is 3.77. The lowest BCUT2D eigenvalue weighted by Crippen LogP contribution is -2.04. The predicted octanol–water partition coefficient (Wildman–Crippen LogP) is 3.13. The fraction of sp³-hybridized carbons (Fsp3) is 1.00. The van der Waals surface area contributed by atoms with E-state index in [2.05, 4.69) is 44.1 Å². The molecule has 0 N–H and O–H groups in total. The Balaban J connectivity index is 3.70. The summed E-state index contributed by atoms with van der Waals surface area (Å²) in [6.07, 6.45) is 4.79. The van der Waals surface area contributed by atoms with Gasteiger partial charge in [0.1, 0.15) is 0 Å². The van der Waals surface area contributed by atoms with Gasteiger partial charge >= 0.3 is 0 Å². The van der Waals surface area contributed by atoms with Gasteiger partial charge in [-0.05, 0) is 23.5 Å². The normalized spacial score (nSPS) is 14.4. The Morgan fingerprint density at radius 2 is 1.78 bits per heavy atom. The summed E-state index contributed by atoms with van der Waals surface area (Å²) in [6.45, 7) is 6.87. The number of rotatable bonds is 3. The van der Waals surface area contributed by atoms with E-state index in [9.17, 15) is 0 Å². The van der Waals surface area contributed by atoms with Gasteiger partial charge in [0.05, 0.1) is 0 Å². The Bertz CT molecular complexity index is 77.0. The lowest BCUT2D eigenvalue weighted by molar-refractivity contribution is 1.11. The number of hydrogen-bond acceptors (Lipinski definition) is 1. The van der Waals surface area contributed by atoms with Gasteiger partial charge in [0.25, 0.3) is 0 Å². The summed E-state index contributed by atoms with van der Waals surface area (Å²) < 4.78 is 0. The highest BCUT2D eigenvalue weighted by atomic mass is 33.2. The van der Waals surface area contributed by atoms with Crippen molar-refractivity contribution in [2.45, 2.75) is 26.0 Å². The topological polar surface area (TPSA) is 0 Å². The van der Waals surface area contributed by atoms with Crippen molar-refractivity contribution < 1.29 is 0 Å². The first-order valence-corrected chi connectivity index (χ1v) is 7.38. The quantitative estimate of drug-likeness (QED) is 0.581. The monoisotopic (exact) mass is 166 g/mol. The van der Waals surface area contributed by atoms with Crippen LogP contribution < -0.4 is 0 Å². The number of hydrogen-bond donors (Lipinski definition) is 0. The van der Waals surface area contributed by atoms with Gasteiger partial charge in [-0.3, -0.25) is 0 Å². The molecule has 0 radical (unpaired) electrons. The van der Waals surface area contributed by atoms with Crippen molar-refractivity contribution in [3.05, 3.63) is 0 Å². The molecule has 0 bridgehead atoms. The maximum atomic E-state index is 2.39. The van der Waals surface area contributed by atoms with Crippen LogP contribution in [0.2, 0.25) is 0 Å². The molecule has 0 rings (SSSR count). The molecule has 0 amide bonds. The largest absolute Gasteiger partial charge is 0.196 e. The average molecular weight is 166 g/mol. The van der Waals surface area contributed by atoms with E-state index in [4.69, 9.17) is 0 Å². The predicted molar refractivity (Wildman–Crippen MR) is 52.7 cm³/mol. The van der Waals surface area contributed by atoms with Crippen LogP contribution in [0, 0.1) is 0 Å². The van der Waals surface area contributed by atoms with Crippen molar-refractivity contribution in [1.29, 1.82) is 0 Å². The van der Waals surface area contributed by atoms with Crippen LogP contribution in [0.25, 0.3) is 0 Å². The van der Waals surface area contributed by atoms with E-state index >= 15 is 0 Å². The molecular formula is C7H18S2. The molecule has 0 spiro atoms. The van der Waals surface area contributed by atoms with Crippen molar-refractivity contribution in [2.75, 3.05) is 18.3 Å². The van der Waals surface area contributed by atoms with E-state index in [0.29, 0.717) is 0 Å². The Labute approximate surface area is 64.5 Å². The van der Waals surface area contributed by atoms with Crippen molar-refractivity contribution in [3.8, 4) is 0 Å². The molecule has 0 fully saturated rings. The van der Waals surface area contributed by atoms with Crippen LogP contribution in [0.5, 0.6) is 0 Å². The molecule has 0 aliphatic carbocycles. The molecule has 0 aromatic rings. The molecule has 0 nitrogen and oxygen atoms in total. The first kappa shape index (κ1) is 9.70. The zero-order valence-corrected chi connectivity index (χ0v) is 8.73. The Hall–Kier alpha value is 0.700. The molecule has 0 aromatic heterocycles. The van der Waals surface area contributed by atoms with Crippen LogP contribution in [0.4, 0.5) is 0 Å². The first-order chi connectivity index (χ1) is 4.00. The van der Waals surface area contributed by atoms with Gasteiger partial charge in [-0.15, -0.1) is 10.8 Å². The maximum Gasteiger partial charge on any atom is -0.000651 e. The molecule has 0 unspecified atom stereocenters. The Kier molecular flexibility index (Phi) is 4.06. The second-order valence-corrected chi connectivity index (χ2v) is 10.4. The SMILES string of the molecule is CCSS(C)(C)C(C)C.